The van der Waals surface area contributed by atoms with Crippen molar-refractivity contribution >= 4 is 0 Å². The Morgan fingerprint density at radius 2 is 1.83 bits per heavy atom. The van der Waals surface area contributed by atoms with Gasteiger partial charge in [-0.15, -0.1) is 0 Å². The zero-order valence-corrected chi connectivity index (χ0v) is 13.0. The van der Waals surface area contributed by atoms with Crippen molar-refractivity contribution in [2.24, 2.45) is 0 Å². The lowest BCUT2D eigenvalue weighted by Gasteiger charge is -2.25. The summed E-state index contributed by atoms with van der Waals surface area (Å²) in [6.07, 6.45) is 2.34. The van der Waals surface area contributed by atoms with Gasteiger partial charge in [0.1, 0.15) is 0 Å². The zero-order valence-electron chi connectivity index (χ0n) is 13.0. The van der Waals surface area contributed by atoms with Crippen LogP contribution in [0, 0.1) is 0 Å². The normalized spacial score (nSPS) is 13.5. The van der Waals surface area contributed by atoms with Crippen LogP contribution in [0.4, 0.5) is 0 Å². The van der Waals surface area contributed by atoms with Gasteiger partial charge in [0.15, 0.2) is 0 Å². The third-order valence-electron chi connectivity index (χ3n) is 3.15. The van der Waals surface area contributed by atoms with E-state index in [-0.39, 0.29) is 0 Å². The molecule has 0 aromatic heterocycles. The van der Waals surface area contributed by atoms with Gasteiger partial charge >= 0.3 is 0 Å². The van der Waals surface area contributed by atoms with E-state index in [2.05, 4.69) is 43.2 Å². The van der Waals surface area contributed by atoms with Gasteiger partial charge in [-0.05, 0) is 67.5 Å². The molecule has 1 unspecified atom stereocenters. The third kappa shape index (κ3) is 11.0. The van der Waals surface area contributed by atoms with Crippen molar-refractivity contribution in [2.45, 2.75) is 32.7 Å². The van der Waals surface area contributed by atoms with E-state index < -0.39 is 0 Å². The maximum Gasteiger partial charge on any atom is 0.0477 e. The Kier molecular flexibility index (Phi) is 11.8. The Hall–Kier alpha value is -0.160. The molecule has 0 bridgehead atoms. The number of ether oxygens (including phenoxy) is 1. The molecule has 0 aromatic rings. The maximum atomic E-state index is 5.31. The first-order valence-corrected chi connectivity index (χ1v) is 7.21. The Labute approximate surface area is 114 Å². The largest absolute Gasteiger partial charge is 0.382 e. The number of hydrogen-bond acceptors (Lipinski definition) is 4. The summed E-state index contributed by atoms with van der Waals surface area (Å²) in [5.74, 6) is 0. The Morgan fingerprint density at radius 1 is 1.11 bits per heavy atom. The first-order valence-electron chi connectivity index (χ1n) is 7.21. The Morgan fingerprint density at radius 3 is 2.44 bits per heavy atom. The summed E-state index contributed by atoms with van der Waals surface area (Å²) in [5.41, 5.74) is 0. The van der Waals surface area contributed by atoms with Crippen LogP contribution in [0.1, 0.15) is 26.7 Å². The highest BCUT2D eigenvalue weighted by atomic mass is 16.5. The van der Waals surface area contributed by atoms with Gasteiger partial charge in [0.05, 0.1) is 0 Å². The molecule has 0 saturated heterocycles. The average Bonchev–Trinajstić information content (AvgIpc) is 2.32. The summed E-state index contributed by atoms with van der Waals surface area (Å²) in [6.45, 7) is 10.5. The van der Waals surface area contributed by atoms with E-state index in [1.54, 1.807) is 0 Å². The lowest BCUT2D eigenvalue weighted by Crippen LogP contribution is -2.39. The molecule has 4 heteroatoms. The zero-order chi connectivity index (χ0) is 13.8. The second kappa shape index (κ2) is 11.9. The predicted octanol–water partition coefficient (Wildman–Crippen LogP) is 1.27. The molecular formula is C14H33N3O. The molecule has 0 radical (unpaired) electrons. The van der Waals surface area contributed by atoms with Crippen LogP contribution in [-0.4, -0.2) is 76.4 Å². The molecule has 0 spiro atoms. The van der Waals surface area contributed by atoms with Crippen LogP contribution in [-0.2, 0) is 4.74 Å². The van der Waals surface area contributed by atoms with Gasteiger partial charge < -0.3 is 19.9 Å². The Bertz CT molecular complexity index is 176. The van der Waals surface area contributed by atoms with Crippen LogP contribution in [0.25, 0.3) is 0 Å². The van der Waals surface area contributed by atoms with Crippen LogP contribution < -0.4 is 5.32 Å². The molecule has 0 aliphatic carbocycles. The van der Waals surface area contributed by atoms with Gasteiger partial charge in [-0.25, -0.2) is 0 Å². The lowest BCUT2D eigenvalue weighted by atomic mass is 10.2. The molecular weight excluding hydrogens is 226 g/mol. The van der Waals surface area contributed by atoms with Gasteiger partial charge in [-0.2, -0.15) is 0 Å². The van der Waals surface area contributed by atoms with Crippen molar-refractivity contribution in [1.29, 1.82) is 0 Å². The van der Waals surface area contributed by atoms with Gasteiger partial charge in [0.2, 0.25) is 0 Å². The standard InChI is InChI=1S/C14H33N3O/c1-6-18-12-7-9-15-13-14(2)17(5)11-8-10-16(3)4/h14-15H,6-13H2,1-5H3. The van der Waals surface area contributed by atoms with E-state index in [4.69, 9.17) is 4.74 Å². The van der Waals surface area contributed by atoms with Crippen LogP contribution in [0.5, 0.6) is 0 Å². The number of rotatable bonds is 12. The van der Waals surface area contributed by atoms with Gasteiger partial charge in [0, 0.05) is 25.8 Å². The van der Waals surface area contributed by atoms with E-state index in [1.165, 1.54) is 19.5 Å². The van der Waals surface area contributed by atoms with Crippen LogP contribution >= 0.6 is 0 Å². The third-order valence-corrected chi connectivity index (χ3v) is 3.15. The van der Waals surface area contributed by atoms with Crippen molar-refractivity contribution in [2.75, 3.05) is 60.5 Å². The van der Waals surface area contributed by atoms with Crippen molar-refractivity contribution in [3.05, 3.63) is 0 Å². The van der Waals surface area contributed by atoms with Crippen molar-refractivity contribution < 1.29 is 4.74 Å². The highest BCUT2D eigenvalue weighted by Gasteiger charge is 2.07. The highest BCUT2D eigenvalue weighted by Crippen LogP contribution is 1.96. The minimum atomic E-state index is 0.597. The molecule has 0 aliphatic heterocycles. The molecule has 0 aliphatic rings. The SMILES string of the molecule is CCOCCCNCC(C)N(C)CCCN(C)C. The summed E-state index contributed by atoms with van der Waals surface area (Å²) < 4.78 is 5.31. The van der Waals surface area contributed by atoms with Gasteiger partial charge in [-0.3, -0.25) is 0 Å². The maximum absolute atomic E-state index is 5.31. The topological polar surface area (TPSA) is 27.7 Å². The summed E-state index contributed by atoms with van der Waals surface area (Å²) in [5, 5.41) is 3.49. The molecule has 0 fully saturated rings. The van der Waals surface area contributed by atoms with E-state index in [0.717, 1.165) is 32.7 Å². The molecule has 0 aromatic carbocycles. The average molecular weight is 259 g/mol. The number of nitrogens with zero attached hydrogens (tertiary/aromatic N) is 2. The van der Waals surface area contributed by atoms with E-state index in [0.29, 0.717) is 6.04 Å². The molecule has 0 rings (SSSR count). The summed E-state index contributed by atoms with van der Waals surface area (Å²) in [6, 6.07) is 0.597. The second-order valence-electron chi connectivity index (χ2n) is 5.24. The lowest BCUT2D eigenvalue weighted by molar-refractivity contribution is 0.144. The number of nitrogens with one attached hydrogen (secondary N) is 1. The molecule has 0 amide bonds. The monoisotopic (exact) mass is 259 g/mol. The van der Waals surface area contributed by atoms with Crippen LogP contribution in [0.2, 0.25) is 0 Å². The van der Waals surface area contributed by atoms with E-state index >= 15 is 0 Å². The fraction of sp³-hybridized carbons (Fsp3) is 1.00. The molecule has 1 N–H and O–H groups in total. The molecule has 4 nitrogen and oxygen atoms in total. The van der Waals surface area contributed by atoms with Gasteiger partial charge in [-0.1, -0.05) is 0 Å². The van der Waals surface area contributed by atoms with Crippen molar-refractivity contribution in [3.8, 4) is 0 Å². The quantitative estimate of drug-likeness (QED) is 0.534. The minimum Gasteiger partial charge on any atom is -0.382 e. The summed E-state index contributed by atoms with van der Waals surface area (Å²) >= 11 is 0. The van der Waals surface area contributed by atoms with Crippen LogP contribution in [0.15, 0.2) is 0 Å². The summed E-state index contributed by atoms with van der Waals surface area (Å²) in [4.78, 5) is 4.67. The first kappa shape index (κ1) is 17.8. The fourth-order valence-corrected chi connectivity index (χ4v) is 1.77. The first-order chi connectivity index (χ1) is 8.57. The van der Waals surface area contributed by atoms with Crippen molar-refractivity contribution in [1.82, 2.24) is 15.1 Å². The molecule has 1 atom stereocenters. The van der Waals surface area contributed by atoms with E-state index in [9.17, 15) is 0 Å². The predicted molar refractivity (Wildman–Crippen MR) is 79.2 cm³/mol. The Balaban J connectivity index is 3.41. The van der Waals surface area contributed by atoms with Crippen LogP contribution in [0.3, 0.4) is 0 Å². The van der Waals surface area contributed by atoms with Gasteiger partial charge in [0.25, 0.3) is 0 Å². The molecule has 0 saturated carbocycles. The van der Waals surface area contributed by atoms with Crippen molar-refractivity contribution in [3.63, 3.8) is 0 Å². The van der Waals surface area contributed by atoms with E-state index in [1.807, 2.05) is 6.92 Å². The molecule has 110 valence electrons. The number of hydrogen-bond donors (Lipinski definition) is 1. The second-order valence-corrected chi connectivity index (χ2v) is 5.24. The fourth-order valence-electron chi connectivity index (χ4n) is 1.77. The summed E-state index contributed by atoms with van der Waals surface area (Å²) in [7, 11) is 6.47. The minimum absolute atomic E-state index is 0.597. The smallest absolute Gasteiger partial charge is 0.0477 e. The molecule has 0 heterocycles. The number of likely N-dealkylation sites (N-methyl/N-ethyl adjacent to an activating group) is 1. The molecule has 18 heavy (non-hydrogen) atoms. The highest BCUT2D eigenvalue weighted by molar-refractivity contribution is 4.66.